The predicted octanol–water partition coefficient (Wildman–Crippen LogP) is 3.77. The Hall–Kier alpha value is -0.500. The quantitative estimate of drug-likeness (QED) is 0.328. The number of hydrogen-bond donors (Lipinski definition) is 2. The Morgan fingerprint density at radius 1 is 1.43 bits per heavy atom. The third-order valence-corrected chi connectivity index (χ3v) is 4.28. The minimum atomic E-state index is -0.204. The molecular formula is C15H23FIN3S. The van der Waals surface area contributed by atoms with E-state index in [-0.39, 0.29) is 29.8 Å². The van der Waals surface area contributed by atoms with E-state index in [1.807, 2.05) is 19.2 Å². The number of rotatable bonds is 5. The van der Waals surface area contributed by atoms with Crippen molar-refractivity contribution < 1.29 is 4.39 Å². The third-order valence-electron chi connectivity index (χ3n) is 3.44. The van der Waals surface area contributed by atoms with E-state index in [4.69, 9.17) is 0 Å². The molecule has 0 aliphatic heterocycles. The molecule has 0 aromatic heterocycles. The van der Waals surface area contributed by atoms with Crippen LogP contribution in [0.4, 0.5) is 4.39 Å². The van der Waals surface area contributed by atoms with Crippen molar-refractivity contribution in [3.63, 3.8) is 0 Å². The summed E-state index contributed by atoms with van der Waals surface area (Å²) in [7, 11) is 0. The molecule has 0 atom stereocenters. The first-order valence-electron chi connectivity index (χ1n) is 7.10. The Labute approximate surface area is 147 Å². The van der Waals surface area contributed by atoms with Crippen LogP contribution in [-0.2, 0) is 6.54 Å². The second-order valence-corrected chi connectivity index (χ2v) is 5.77. The molecule has 1 saturated carbocycles. The van der Waals surface area contributed by atoms with Gasteiger partial charge in [0.25, 0.3) is 0 Å². The van der Waals surface area contributed by atoms with Gasteiger partial charge in [-0.15, -0.1) is 35.7 Å². The van der Waals surface area contributed by atoms with E-state index in [1.54, 1.807) is 17.8 Å². The lowest BCUT2D eigenvalue weighted by Gasteiger charge is -2.28. The summed E-state index contributed by atoms with van der Waals surface area (Å²) in [6.07, 6.45) is 5.71. The number of halogens is 2. The van der Waals surface area contributed by atoms with Gasteiger partial charge in [0.15, 0.2) is 5.96 Å². The molecule has 0 saturated heterocycles. The molecule has 1 aromatic rings. The molecule has 118 valence electrons. The summed E-state index contributed by atoms with van der Waals surface area (Å²) in [6.45, 7) is 3.38. The molecule has 0 heterocycles. The zero-order chi connectivity index (χ0) is 14.4. The Kier molecular flexibility index (Phi) is 8.39. The highest BCUT2D eigenvalue weighted by molar-refractivity contribution is 14.0. The number of nitrogens with one attached hydrogen (secondary N) is 2. The molecule has 1 aromatic carbocycles. The minimum absolute atomic E-state index is 0. The molecular weight excluding hydrogens is 400 g/mol. The maximum Gasteiger partial charge on any atom is 0.191 e. The molecule has 0 amide bonds. The zero-order valence-corrected chi connectivity index (χ0v) is 15.6. The summed E-state index contributed by atoms with van der Waals surface area (Å²) in [4.78, 5) is 5.65. The standard InChI is InChI=1S/C15H22FN3S.HI/c1-3-17-15(19-13-5-4-6-13)18-10-11-9-12(16)7-8-14(11)20-2;/h7-9,13H,3-6,10H2,1-2H3,(H2,17,18,19);1H. The molecule has 2 rings (SSSR count). The van der Waals surface area contributed by atoms with E-state index in [2.05, 4.69) is 15.6 Å². The van der Waals surface area contributed by atoms with Gasteiger partial charge in [0, 0.05) is 17.5 Å². The molecule has 21 heavy (non-hydrogen) atoms. The van der Waals surface area contributed by atoms with Crippen molar-refractivity contribution in [1.29, 1.82) is 0 Å². The van der Waals surface area contributed by atoms with Crippen LogP contribution in [0.3, 0.4) is 0 Å². The monoisotopic (exact) mass is 423 g/mol. The van der Waals surface area contributed by atoms with E-state index >= 15 is 0 Å². The lowest BCUT2D eigenvalue weighted by atomic mass is 9.93. The fourth-order valence-corrected chi connectivity index (χ4v) is 2.69. The number of thioether (sulfide) groups is 1. The number of benzene rings is 1. The maximum absolute atomic E-state index is 13.3. The average molecular weight is 423 g/mol. The Morgan fingerprint density at radius 3 is 2.76 bits per heavy atom. The Balaban J connectivity index is 0.00000220. The minimum Gasteiger partial charge on any atom is -0.357 e. The second kappa shape index (κ2) is 9.50. The van der Waals surface area contributed by atoms with Crippen molar-refractivity contribution in [2.24, 2.45) is 4.99 Å². The number of guanidine groups is 1. The van der Waals surface area contributed by atoms with Gasteiger partial charge in [-0.05, 0) is 56.2 Å². The summed E-state index contributed by atoms with van der Waals surface area (Å²) in [6, 6.07) is 5.43. The fourth-order valence-electron chi connectivity index (χ4n) is 2.10. The second-order valence-electron chi connectivity index (χ2n) is 4.92. The molecule has 1 fully saturated rings. The van der Waals surface area contributed by atoms with Crippen molar-refractivity contribution in [1.82, 2.24) is 10.6 Å². The Bertz CT molecular complexity index is 478. The van der Waals surface area contributed by atoms with Crippen molar-refractivity contribution in [2.45, 2.75) is 43.7 Å². The van der Waals surface area contributed by atoms with Crippen LogP contribution < -0.4 is 10.6 Å². The SMILES string of the molecule is CCNC(=NCc1cc(F)ccc1SC)NC1CCC1.I. The van der Waals surface area contributed by atoms with Crippen molar-refractivity contribution in [2.75, 3.05) is 12.8 Å². The fraction of sp³-hybridized carbons (Fsp3) is 0.533. The largest absolute Gasteiger partial charge is 0.357 e. The van der Waals surface area contributed by atoms with Crippen LogP contribution in [0.1, 0.15) is 31.7 Å². The molecule has 1 aliphatic carbocycles. The van der Waals surface area contributed by atoms with E-state index in [9.17, 15) is 4.39 Å². The van der Waals surface area contributed by atoms with Gasteiger partial charge >= 0.3 is 0 Å². The van der Waals surface area contributed by atoms with Gasteiger partial charge in [-0.1, -0.05) is 0 Å². The van der Waals surface area contributed by atoms with Crippen molar-refractivity contribution >= 4 is 41.7 Å². The molecule has 0 radical (unpaired) electrons. The molecule has 6 heteroatoms. The van der Waals surface area contributed by atoms with Crippen LogP contribution in [0.25, 0.3) is 0 Å². The van der Waals surface area contributed by atoms with Crippen molar-refractivity contribution in [3.05, 3.63) is 29.6 Å². The van der Waals surface area contributed by atoms with E-state index in [0.29, 0.717) is 12.6 Å². The van der Waals surface area contributed by atoms with Gasteiger partial charge in [0.2, 0.25) is 0 Å². The molecule has 0 bridgehead atoms. The van der Waals surface area contributed by atoms with E-state index < -0.39 is 0 Å². The van der Waals surface area contributed by atoms with Crippen LogP contribution in [-0.4, -0.2) is 24.8 Å². The lowest BCUT2D eigenvalue weighted by Crippen LogP contribution is -2.46. The summed E-state index contributed by atoms with van der Waals surface area (Å²) in [5.41, 5.74) is 0.934. The van der Waals surface area contributed by atoms with Crippen molar-refractivity contribution in [3.8, 4) is 0 Å². The summed E-state index contributed by atoms with van der Waals surface area (Å²) in [5.74, 6) is 0.624. The highest BCUT2D eigenvalue weighted by Gasteiger charge is 2.18. The summed E-state index contributed by atoms with van der Waals surface area (Å²) < 4.78 is 13.3. The molecule has 2 N–H and O–H groups in total. The smallest absolute Gasteiger partial charge is 0.191 e. The molecule has 0 spiro atoms. The van der Waals surface area contributed by atoms with Crippen LogP contribution in [0.15, 0.2) is 28.1 Å². The van der Waals surface area contributed by atoms with Gasteiger partial charge in [0.1, 0.15) is 5.82 Å². The van der Waals surface area contributed by atoms with Gasteiger partial charge < -0.3 is 10.6 Å². The number of hydrogen-bond acceptors (Lipinski definition) is 2. The van der Waals surface area contributed by atoms with Crippen LogP contribution >= 0.6 is 35.7 Å². The Morgan fingerprint density at radius 2 is 2.19 bits per heavy atom. The highest BCUT2D eigenvalue weighted by Crippen LogP contribution is 2.22. The zero-order valence-electron chi connectivity index (χ0n) is 12.5. The van der Waals surface area contributed by atoms with Gasteiger partial charge in [-0.2, -0.15) is 0 Å². The first-order chi connectivity index (χ1) is 9.72. The topological polar surface area (TPSA) is 36.4 Å². The maximum atomic E-state index is 13.3. The predicted molar refractivity (Wildman–Crippen MR) is 99.2 cm³/mol. The summed E-state index contributed by atoms with van der Waals surface area (Å²) >= 11 is 1.62. The normalized spacial score (nSPS) is 15.1. The summed E-state index contributed by atoms with van der Waals surface area (Å²) in [5, 5.41) is 6.66. The number of nitrogens with zero attached hydrogens (tertiary/aromatic N) is 1. The first kappa shape index (κ1) is 18.5. The van der Waals surface area contributed by atoms with E-state index in [1.165, 1.54) is 25.3 Å². The van der Waals surface area contributed by atoms with Crippen LogP contribution in [0.2, 0.25) is 0 Å². The first-order valence-corrected chi connectivity index (χ1v) is 8.32. The highest BCUT2D eigenvalue weighted by atomic mass is 127. The number of aliphatic imine (C=N–C) groups is 1. The van der Waals surface area contributed by atoms with Gasteiger partial charge in [-0.25, -0.2) is 9.38 Å². The lowest BCUT2D eigenvalue weighted by molar-refractivity contribution is 0.380. The van der Waals surface area contributed by atoms with Crippen LogP contribution in [0, 0.1) is 5.82 Å². The molecule has 3 nitrogen and oxygen atoms in total. The van der Waals surface area contributed by atoms with E-state index in [0.717, 1.165) is 23.0 Å². The van der Waals surface area contributed by atoms with Gasteiger partial charge in [0.05, 0.1) is 6.54 Å². The molecule has 1 aliphatic rings. The van der Waals surface area contributed by atoms with Gasteiger partial charge in [-0.3, -0.25) is 0 Å². The average Bonchev–Trinajstić information content (AvgIpc) is 2.40. The molecule has 0 unspecified atom stereocenters. The van der Waals surface area contributed by atoms with Crippen LogP contribution in [0.5, 0.6) is 0 Å². The third kappa shape index (κ3) is 5.65.